The first-order valence-electron chi connectivity index (χ1n) is 11.2. The van der Waals surface area contributed by atoms with Crippen molar-refractivity contribution in [3.05, 3.63) is 64.1 Å². The molecule has 6 rings (SSSR count). The second kappa shape index (κ2) is 7.69. The van der Waals surface area contributed by atoms with Crippen molar-refractivity contribution < 1.29 is 0 Å². The molecule has 0 spiro atoms. The van der Waals surface area contributed by atoms with Gasteiger partial charge in [-0.25, -0.2) is 9.67 Å². The summed E-state index contributed by atoms with van der Waals surface area (Å²) in [4.78, 5) is 24.5. The van der Waals surface area contributed by atoms with Gasteiger partial charge >= 0.3 is 0 Å². The van der Waals surface area contributed by atoms with E-state index in [9.17, 15) is 4.79 Å². The smallest absolute Gasteiger partial charge is 0.255 e. The molecule has 8 nitrogen and oxygen atoms in total. The molecule has 0 saturated carbocycles. The second-order valence-electron chi connectivity index (χ2n) is 9.00. The molecule has 8 heteroatoms. The van der Waals surface area contributed by atoms with Crippen molar-refractivity contribution in [3.63, 3.8) is 0 Å². The number of hydrogen-bond donors (Lipinski definition) is 1. The molecule has 1 saturated heterocycles. The molecule has 160 valence electrons. The number of pyridine rings is 2. The highest BCUT2D eigenvalue weighted by atomic mass is 16.1. The average molecular weight is 418 g/mol. The van der Waals surface area contributed by atoms with E-state index in [0.717, 1.165) is 68.5 Å². The van der Waals surface area contributed by atoms with Crippen LogP contribution in [0, 0.1) is 5.92 Å². The van der Waals surface area contributed by atoms with E-state index in [-0.39, 0.29) is 5.56 Å². The summed E-state index contributed by atoms with van der Waals surface area (Å²) in [6.45, 7) is 6.07. The van der Waals surface area contributed by atoms with Crippen molar-refractivity contribution in [3.8, 4) is 11.4 Å². The molecular formula is C23H27N7O. The van der Waals surface area contributed by atoms with Gasteiger partial charge in [0, 0.05) is 74.3 Å². The van der Waals surface area contributed by atoms with E-state index in [1.54, 1.807) is 12.4 Å². The molecular weight excluding hydrogens is 390 g/mol. The zero-order chi connectivity index (χ0) is 20.8. The van der Waals surface area contributed by atoms with Crippen LogP contribution in [-0.4, -0.2) is 55.4 Å². The predicted molar refractivity (Wildman–Crippen MR) is 117 cm³/mol. The molecule has 31 heavy (non-hydrogen) atoms. The SMILES string of the molecule is O=c1c(CN2CCc3nc(-c4cccnc4)nn3CC2)ccc2n1C[C@@H]1CNC[C@H]2C1. The normalized spacial score (nSPS) is 23.1. The lowest BCUT2D eigenvalue weighted by Gasteiger charge is -2.37. The number of fused-ring (bicyclic) bond motifs is 5. The predicted octanol–water partition coefficient (Wildman–Crippen LogP) is 1.27. The summed E-state index contributed by atoms with van der Waals surface area (Å²) in [5, 5.41) is 8.21. The van der Waals surface area contributed by atoms with Crippen molar-refractivity contribution in [2.45, 2.75) is 38.4 Å². The van der Waals surface area contributed by atoms with Gasteiger partial charge in [0.1, 0.15) is 5.82 Å². The summed E-state index contributed by atoms with van der Waals surface area (Å²) in [5.41, 5.74) is 3.26. The minimum Gasteiger partial charge on any atom is -0.316 e. The van der Waals surface area contributed by atoms with Gasteiger partial charge in [0.05, 0.1) is 6.54 Å². The Bertz CT molecular complexity index is 1130. The maximum absolute atomic E-state index is 13.3. The Balaban J connectivity index is 1.18. The Morgan fingerprint density at radius 1 is 1.13 bits per heavy atom. The van der Waals surface area contributed by atoms with Crippen molar-refractivity contribution >= 4 is 0 Å². The molecule has 3 aliphatic rings. The first-order chi connectivity index (χ1) is 15.2. The molecule has 0 amide bonds. The minimum atomic E-state index is 0.202. The van der Waals surface area contributed by atoms with Crippen LogP contribution in [0.25, 0.3) is 11.4 Å². The quantitative estimate of drug-likeness (QED) is 0.691. The molecule has 1 fully saturated rings. The third kappa shape index (κ3) is 3.49. The summed E-state index contributed by atoms with van der Waals surface area (Å²) in [6.07, 6.45) is 5.59. The molecule has 0 radical (unpaired) electrons. The first kappa shape index (κ1) is 18.9. The number of nitrogens with one attached hydrogen (secondary N) is 1. The zero-order valence-corrected chi connectivity index (χ0v) is 17.6. The lowest BCUT2D eigenvalue weighted by atomic mass is 9.84. The largest absolute Gasteiger partial charge is 0.316 e. The maximum atomic E-state index is 13.3. The molecule has 2 atom stereocenters. The van der Waals surface area contributed by atoms with Gasteiger partial charge in [-0.2, -0.15) is 5.10 Å². The average Bonchev–Trinajstić information content (AvgIpc) is 3.12. The van der Waals surface area contributed by atoms with Crippen LogP contribution in [0.15, 0.2) is 41.5 Å². The Kier molecular flexibility index (Phi) is 4.69. The fraction of sp³-hybridized carbons (Fsp3) is 0.478. The monoisotopic (exact) mass is 417 g/mol. The van der Waals surface area contributed by atoms with Crippen LogP contribution in [0.5, 0.6) is 0 Å². The van der Waals surface area contributed by atoms with E-state index >= 15 is 0 Å². The fourth-order valence-electron chi connectivity index (χ4n) is 5.32. The summed E-state index contributed by atoms with van der Waals surface area (Å²) in [7, 11) is 0. The summed E-state index contributed by atoms with van der Waals surface area (Å²) in [6, 6.07) is 8.15. The van der Waals surface area contributed by atoms with Gasteiger partial charge in [-0.15, -0.1) is 0 Å². The van der Waals surface area contributed by atoms with Crippen LogP contribution < -0.4 is 10.9 Å². The molecule has 0 aromatic carbocycles. The highest BCUT2D eigenvalue weighted by Gasteiger charge is 2.31. The van der Waals surface area contributed by atoms with Gasteiger partial charge in [0.2, 0.25) is 0 Å². The van der Waals surface area contributed by atoms with Crippen LogP contribution >= 0.6 is 0 Å². The third-order valence-electron chi connectivity index (χ3n) is 6.93. The summed E-state index contributed by atoms with van der Waals surface area (Å²) < 4.78 is 4.07. The van der Waals surface area contributed by atoms with Gasteiger partial charge in [0.25, 0.3) is 5.56 Å². The van der Waals surface area contributed by atoms with Gasteiger partial charge in [-0.1, -0.05) is 6.07 Å². The van der Waals surface area contributed by atoms with Crippen LogP contribution in [0.1, 0.15) is 29.4 Å². The number of rotatable bonds is 3. The zero-order valence-electron chi connectivity index (χ0n) is 17.6. The standard InChI is InChI=1S/C23H27N7O/c31-23-18(3-4-20-19-10-16(11-25-13-19)14-29(20)23)15-28-7-5-21-26-22(27-30(21)9-8-28)17-2-1-6-24-12-17/h1-4,6,12,16,19,25H,5,7-11,13-15H2/t16-,19+/m0/s1. The topological polar surface area (TPSA) is 80.9 Å². The van der Waals surface area contributed by atoms with Crippen LogP contribution in [0.3, 0.4) is 0 Å². The Labute approximate surface area is 180 Å². The van der Waals surface area contributed by atoms with Crippen molar-refractivity contribution in [1.29, 1.82) is 0 Å². The first-order valence-corrected chi connectivity index (χ1v) is 11.2. The van der Waals surface area contributed by atoms with Crippen molar-refractivity contribution in [1.82, 2.24) is 34.5 Å². The van der Waals surface area contributed by atoms with Crippen molar-refractivity contribution in [2.24, 2.45) is 5.92 Å². The van der Waals surface area contributed by atoms with E-state index in [2.05, 4.69) is 31.9 Å². The molecule has 3 aromatic rings. The van der Waals surface area contributed by atoms with E-state index in [4.69, 9.17) is 10.1 Å². The molecule has 2 bridgehead atoms. The Morgan fingerprint density at radius 2 is 2.10 bits per heavy atom. The maximum Gasteiger partial charge on any atom is 0.255 e. The minimum absolute atomic E-state index is 0.202. The lowest BCUT2D eigenvalue weighted by molar-refractivity contribution is 0.249. The second-order valence-corrected chi connectivity index (χ2v) is 9.00. The number of hydrogen-bond acceptors (Lipinski definition) is 6. The highest BCUT2D eigenvalue weighted by Crippen LogP contribution is 2.31. The Hall–Kier alpha value is -2.84. The number of piperidine rings is 1. The van der Waals surface area contributed by atoms with Crippen LogP contribution in [0.2, 0.25) is 0 Å². The molecule has 3 aromatic heterocycles. The van der Waals surface area contributed by atoms with Gasteiger partial charge in [0.15, 0.2) is 5.82 Å². The van der Waals surface area contributed by atoms with Crippen LogP contribution in [-0.2, 0) is 26.1 Å². The molecule has 6 heterocycles. The summed E-state index contributed by atoms with van der Waals surface area (Å²) in [5.74, 6) is 2.80. The van der Waals surface area contributed by atoms with E-state index in [0.29, 0.717) is 18.4 Å². The van der Waals surface area contributed by atoms with Crippen LogP contribution in [0.4, 0.5) is 0 Å². The van der Waals surface area contributed by atoms with Gasteiger partial charge in [-0.05, 0) is 37.1 Å². The number of nitrogens with zero attached hydrogens (tertiary/aromatic N) is 6. The Morgan fingerprint density at radius 3 is 3.00 bits per heavy atom. The lowest BCUT2D eigenvalue weighted by Crippen LogP contribution is -2.45. The third-order valence-corrected chi connectivity index (χ3v) is 6.93. The summed E-state index contributed by atoms with van der Waals surface area (Å²) >= 11 is 0. The fourth-order valence-corrected chi connectivity index (χ4v) is 5.32. The molecule has 3 aliphatic heterocycles. The molecule has 0 unspecified atom stereocenters. The molecule has 0 aliphatic carbocycles. The van der Waals surface area contributed by atoms with Crippen molar-refractivity contribution in [2.75, 3.05) is 26.2 Å². The van der Waals surface area contributed by atoms with Gasteiger partial charge < -0.3 is 9.88 Å². The molecule has 1 N–H and O–H groups in total. The van der Waals surface area contributed by atoms with E-state index in [1.165, 1.54) is 12.1 Å². The van der Waals surface area contributed by atoms with Gasteiger partial charge in [-0.3, -0.25) is 14.7 Å². The van der Waals surface area contributed by atoms with E-state index in [1.807, 2.05) is 16.8 Å². The number of aromatic nitrogens is 5. The highest BCUT2D eigenvalue weighted by molar-refractivity contribution is 5.52. The van der Waals surface area contributed by atoms with E-state index < -0.39 is 0 Å².